The number of hydrogen-bond acceptors (Lipinski definition) is 4. The van der Waals surface area contributed by atoms with Crippen LogP contribution in [0, 0.1) is 16.0 Å². The highest BCUT2D eigenvalue weighted by atomic mass is 16.6. The molecular weight excluding hydrogens is 244 g/mol. The van der Waals surface area contributed by atoms with E-state index in [2.05, 4.69) is 5.32 Å². The molecule has 104 valence electrons. The summed E-state index contributed by atoms with van der Waals surface area (Å²) in [5.74, 6) is 0.897. The Hall–Kier alpha value is -1.78. The second kappa shape index (κ2) is 6.41. The third kappa shape index (κ3) is 3.36. The average Bonchev–Trinajstić information content (AvgIpc) is 2.45. The molecule has 0 amide bonds. The lowest BCUT2D eigenvalue weighted by atomic mass is 9.90. The quantitative estimate of drug-likeness (QED) is 0.652. The van der Waals surface area contributed by atoms with Gasteiger partial charge in [0.15, 0.2) is 5.75 Å². The summed E-state index contributed by atoms with van der Waals surface area (Å²) in [5, 5.41) is 14.0. The minimum Gasteiger partial charge on any atom is -0.486 e. The Balaban J connectivity index is 2.08. The molecule has 1 N–H and O–H groups in total. The molecule has 0 spiro atoms. The van der Waals surface area contributed by atoms with Gasteiger partial charge in [0.25, 0.3) is 0 Å². The van der Waals surface area contributed by atoms with E-state index in [0.717, 1.165) is 0 Å². The van der Waals surface area contributed by atoms with E-state index in [1.54, 1.807) is 25.2 Å². The van der Waals surface area contributed by atoms with Gasteiger partial charge >= 0.3 is 5.69 Å². The number of para-hydroxylation sites is 1. The van der Waals surface area contributed by atoms with Gasteiger partial charge in [-0.2, -0.15) is 0 Å². The Labute approximate surface area is 113 Å². The Bertz CT molecular complexity index is 442. The summed E-state index contributed by atoms with van der Waals surface area (Å²) in [6, 6.07) is 5.13. The van der Waals surface area contributed by atoms with Crippen LogP contribution in [0.4, 0.5) is 11.4 Å². The second-order valence-electron chi connectivity index (χ2n) is 4.97. The number of ether oxygens (including phenoxy) is 1. The molecule has 1 aromatic rings. The van der Waals surface area contributed by atoms with E-state index in [4.69, 9.17) is 4.74 Å². The molecule has 2 rings (SSSR count). The number of nitro benzene ring substituents is 1. The van der Waals surface area contributed by atoms with Crippen molar-refractivity contribution < 1.29 is 9.66 Å². The van der Waals surface area contributed by atoms with Gasteiger partial charge in [0.2, 0.25) is 0 Å². The minimum absolute atomic E-state index is 0.0285. The average molecular weight is 264 g/mol. The van der Waals surface area contributed by atoms with Crippen LogP contribution in [-0.4, -0.2) is 18.6 Å². The van der Waals surface area contributed by atoms with E-state index in [1.165, 1.54) is 32.1 Å². The zero-order valence-electron chi connectivity index (χ0n) is 11.2. The molecule has 1 fully saturated rings. The first-order valence-corrected chi connectivity index (χ1v) is 6.80. The van der Waals surface area contributed by atoms with Crippen molar-refractivity contribution in [2.24, 2.45) is 5.92 Å². The summed E-state index contributed by atoms with van der Waals surface area (Å²) >= 11 is 0. The Morgan fingerprint density at radius 1 is 1.37 bits per heavy atom. The van der Waals surface area contributed by atoms with E-state index in [-0.39, 0.29) is 10.6 Å². The lowest BCUT2D eigenvalue weighted by Crippen LogP contribution is -2.15. The van der Waals surface area contributed by atoms with Crippen molar-refractivity contribution in [3.63, 3.8) is 0 Å². The first kappa shape index (κ1) is 13.6. The van der Waals surface area contributed by atoms with Crippen LogP contribution in [0.15, 0.2) is 18.2 Å². The second-order valence-corrected chi connectivity index (χ2v) is 4.97. The van der Waals surface area contributed by atoms with Crippen LogP contribution in [0.1, 0.15) is 32.1 Å². The highest BCUT2D eigenvalue weighted by Gasteiger charge is 2.22. The van der Waals surface area contributed by atoms with Crippen molar-refractivity contribution in [1.29, 1.82) is 0 Å². The van der Waals surface area contributed by atoms with Gasteiger partial charge < -0.3 is 10.1 Å². The minimum atomic E-state index is -0.387. The highest BCUT2D eigenvalue weighted by Crippen LogP contribution is 2.35. The molecule has 1 aliphatic rings. The van der Waals surface area contributed by atoms with Crippen molar-refractivity contribution in [3.05, 3.63) is 28.3 Å². The zero-order chi connectivity index (χ0) is 13.7. The topological polar surface area (TPSA) is 64.4 Å². The van der Waals surface area contributed by atoms with Crippen molar-refractivity contribution in [3.8, 4) is 5.75 Å². The Kier molecular flexibility index (Phi) is 4.60. The van der Waals surface area contributed by atoms with Crippen molar-refractivity contribution in [2.75, 3.05) is 19.0 Å². The van der Waals surface area contributed by atoms with E-state index in [1.807, 2.05) is 0 Å². The van der Waals surface area contributed by atoms with Gasteiger partial charge in [0, 0.05) is 7.05 Å². The van der Waals surface area contributed by atoms with Gasteiger partial charge in [-0.25, -0.2) is 0 Å². The van der Waals surface area contributed by atoms with Crippen LogP contribution < -0.4 is 10.1 Å². The van der Waals surface area contributed by atoms with Crippen LogP contribution in [0.5, 0.6) is 5.75 Å². The summed E-state index contributed by atoms with van der Waals surface area (Å²) in [6.07, 6.45) is 6.12. The van der Waals surface area contributed by atoms with E-state index < -0.39 is 0 Å². The van der Waals surface area contributed by atoms with E-state index in [9.17, 15) is 10.1 Å². The van der Waals surface area contributed by atoms with Crippen LogP contribution in [0.2, 0.25) is 0 Å². The molecular formula is C14H20N2O3. The molecule has 1 saturated carbocycles. The van der Waals surface area contributed by atoms with Crippen molar-refractivity contribution in [1.82, 2.24) is 0 Å². The van der Waals surface area contributed by atoms with Crippen molar-refractivity contribution in [2.45, 2.75) is 32.1 Å². The monoisotopic (exact) mass is 264 g/mol. The molecule has 0 atom stereocenters. The summed E-state index contributed by atoms with van der Waals surface area (Å²) in [6.45, 7) is 0.577. The predicted octanol–water partition coefficient (Wildman–Crippen LogP) is 3.60. The third-order valence-corrected chi connectivity index (χ3v) is 3.65. The zero-order valence-corrected chi connectivity index (χ0v) is 11.2. The van der Waals surface area contributed by atoms with Gasteiger partial charge in [-0.1, -0.05) is 25.3 Å². The lowest BCUT2D eigenvalue weighted by molar-refractivity contribution is -0.385. The number of nitrogens with zero attached hydrogens (tertiary/aromatic N) is 1. The molecule has 19 heavy (non-hydrogen) atoms. The molecule has 1 aliphatic carbocycles. The fraction of sp³-hybridized carbons (Fsp3) is 0.571. The molecule has 0 aliphatic heterocycles. The molecule has 0 aromatic heterocycles. The summed E-state index contributed by atoms with van der Waals surface area (Å²) in [5.41, 5.74) is 0.520. The predicted molar refractivity (Wildman–Crippen MR) is 74.7 cm³/mol. The fourth-order valence-corrected chi connectivity index (χ4v) is 2.59. The maximum absolute atomic E-state index is 11.1. The molecule has 5 heteroatoms. The molecule has 0 heterocycles. The van der Waals surface area contributed by atoms with Gasteiger partial charge in [-0.05, 0) is 30.9 Å². The number of nitro groups is 1. The molecule has 0 radical (unpaired) electrons. The number of hydrogen-bond donors (Lipinski definition) is 1. The Morgan fingerprint density at radius 2 is 2.11 bits per heavy atom. The summed E-state index contributed by atoms with van der Waals surface area (Å²) in [7, 11) is 1.67. The normalized spacial score (nSPS) is 16.1. The number of rotatable bonds is 5. The molecule has 5 nitrogen and oxygen atoms in total. The molecule has 1 aromatic carbocycles. The third-order valence-electron chi connectivity index (χ3n) is 3.65. The number of benzene rings is 1. The summed E-state index contributed by atoms with van der Waals surface area (Å²) < 4.78 is 5.70. The first-order chi connectivity index (χ1) is 9.22. The molecule has 0 bridgehead atoms. The van der Waals surface area contributed by atoms with Gasteiger partial charge in [-0.15, -0.1) is 0 Å². The molecule has 0 saturated heterocycles. The van der Waals surface area contributed by atoms with Gasteiger partial charge in [0.05, 0.1) is 11.5 Å². The molecule has 0 unspecified atom stereocenters. The lowest BCUT2D eigenvalue weighted by Gasteiger charge is -2.21. The van der Waals surface area contributed by atoms with E-state index >= 15 is 0 Å². The van der Waals surface area contributed by atoms with Crippen molar-refractivity contribution >= 4 is 11.4 Å². The standard InChI is InChI=1S/C14H20N2O3/c1-15-12-8-5-9-13(14(12)16(17)18)19-10-11-6-3-2-4-7-11/h5,8-9,11,15H,2-4,6-7,10H2,1H3. The number of anilines is 1. The first-order valence-electron chi connectivity index (χ1n) is 6.80. The number of nitrogens with one attached hydrogen (secondary N) is 1. The van der Waals surface area contributed by atoms with Gasteiger partial charge in [0.1, 0.15) is 5.69 Å². The van der Waals surface area contributed by atoms with E-state index in [0.29, 0.717) is 24.0 Å². The van der Waals surface area contributed by atoms with Crippen LogP contribution >= 0.6 is 0 Å². The van der Waals surface area contributed by atoms with Crippen LogP contribution in [0.3, 0.4) is 0 Å². The fourth-order valence-electron chi connectivity index (χ4n) is 2.59. The van der Waals surface area contributed by atoms with Crippen LogP contribution in [0.25, 0.3) is 0 Å². The summed E-state index contributed by atoms with van der Waals surface area (Å²) in [4.78, 5) is 10.8. The maximum atomic E-state index is 11.1. The Morgan fingerprint density at radius 3 is 2.74 bits per heavy atom. The SMILES string of the molecule is CNc1cccc(OCC2CCCCC2)c1[N+](=O)[O-]. The van der Waals surface area contributed by atoms with Gasteiger partial charge in [-0.3, -0.25) is 10.1 Å². The maximum Gasteiger partial charge on any atom is 0.333 e. The smallest absolute Gasteiger partial charge is 0.333 e. The largest absolute Gasteiger partial charge is 0.486 e. The highest BCUT2D eigenvalue weighted by molar-refractivity contribution is 5.68. The van der Waals surface area contributed by atoms with Crippen LogP contribution in [-0.2, 0) is 0 Å².